The smallest absolute Gasteiger partial charge is 0.238 e. The third-order valence-electron chi connectivity index (χ3n) is 3.05. The summed E-state index contributed by atoms with van der Waals surface area (Å²) in [6.07, 6.45) is 2.58. The van der Waals surface area contributed by atoms with E-state index in [2.05, 4.69) is 10.6 Å². The van der Waals surface area contributed by atoms with E-state index < -0.39 is 0 Å². The van der Waals surface area contributed by atoms with Crippen molar-refractivity contribution in [2.24, 2.45) is 5.92 Å². The monoisotopic (exact) mass is 248 g/mol. The average Bonchev–Trinajstić information content (AvgIpc) is 3.15. The summed E-state index contributed by atoms with van der Waals surface area (Å²) in [6, 6.07) is 5.73. The Morgan fingerprint density at radius 1 is 1.44 bits per heavy atom. The molecule has 0 spiro atoms. The summed E-state index contributed by atoms with van der Waals surface area (Å²) in [5.74, 6) is 1.45. The number of ether oxygens (including phenoxy) is 1. The van der Waals surface area contributed by atoms with Crippen LogP contribution in [-0.2, 0) is 4.79 Å². The summed E-state index contributed by atoms with van der Waals surface area (Å²) >= 11 is 0. The minimum atomic E-state index is -0.0298. The minimum absolute atomic E-state index is 0.0298. The number of hydrogen-bond acceptors (Lipinski definition) is 3. The van der Waals surface area contributed by atoms with Gasteiger partial charge < -0.3 is 15.4 Å². The van der Waals surface area contributed by atoms with Crippen molar-refractivity contribution < 1.29 is 9.53 Å². The molecule has 1 saturated carbocycles. The van der Waals surface area contributed by atoms with Crippen LogP contribution in [0.5, 0.6) is 5.75 Å². The number of methoxy groups -OCH3 is 1. The lowest BCUT2D eigenvalue weighted by atomic mass is 10.2. The van der Waals surface area contributed by atoms with E-state index in [-0.39, 0.29) is 5.91 Å². The number of anilines is 1. The van der Waals surface area contributed by atoms with Crippen LogP contribution >= 0.6 is 0 Å². The van der Waals surface area contributed by atoms with E-state index in [1.807, 2.05) is 25.1 Å². The first-order chi connectivity index (χ1) is 8.69. The van der Waals surface area contributed by atoms with E-state index in [4.69, 9.17) is 4.74 Å². The molecule has 0 aromatic heterocycles. The molecule has 2 rings (SSSR count). The molecule has 1 aromatic rings. The van der Waals surface area contributed by atoms with Gasteiger partial charge in [0.2, 0.25) is 5.91 Å². The number of aryl methyl sites for hydroxylation is 1. The number of rotatable bonds is 6. The Labute approximate surface area is 108 Å². The highest BCUT2D eigenvalue weighted by Crippen LogP contribution is 2.27. The summed E-state index contributed by atoms with van der Waals surface area (Å²) in [5.41, 5.74) is 1.83. The van der Waals surface area contributed by atoms with Gasteiger partial charge in [0, 0.05) is 0 Å². The predicted molar refractivity (Wildman–Crippen MR) is 72.0 cm³/mol. The van der Waals surface area contributed by atoms with Gasteiger partial charge in [-0.2, -0.15) is 0 Å². The highest BCUT2D eigenvalue weighted by molar-refractivity contribution is 5.93. The molecule has 0 heterocycles. The van der Waals surface area contributed by atoms with Gasteiger partial charge in [0.05, 0.1) is 19.3 Å². The molecule has 0 saturated heterocycles. The third kappa shape index (κ3) is 3.74. The summed E-state index contributed by atoms with van der Waals surface area (Å²) < 4.78 is 5.24. The zero-order valence-electron chi connectivity index (χ0n) is 11.0. The van der Waals surface area contributed by atoms with Crippen LogP contribution in [0, 0.1) is 12.8 Å². The Hall–Kier alpha value is -1.55. The Kier molecular flexibility index (Phi) is 4.20. The standard InChI is InChI=1S/C14H20N2O2/c1-10-3-6-12(13(7-10)18-2)16-14(17)9-15-8-11-4-5-11/h3,6-7,11,15H,4-5,8-9H2,1-2H3,(H,16,17). The molecule has 18 heavy (non-hydrogen) atoms. The molecule has 0 atom stereocenters. The van der Waals surface area contributed by atoms with Gasteiger partial charge in [-0.05, 0) is 49.9 Å². The van der Waals surface area contributed by atoms with E-state index in [9.17, 15) is 4.79 Å². The molecule has 0 aliphatic heterocycles. The van der Waals surface area contributed by atoms with Crippen molar-refractivity contribution in [2.45, 2.75) is 19.8 Å². The van der Waals surface area contributed by atoms with Gasteiger partial charge in [0.25, 0.3) is 0 Å². The van der Waals surface area contributed by atoms with Crippen molar-refractivity contribution in [3.63, 3.8) is 0 Å². The Morgan fingerprint density at radius 3 is 2.89 bits per heavy atom. The molecule has 1 fully saturated rings. The first kappa shape index (κ1) is 12.9. The number of nitrogens with one attached hydrogen (secondary N) is 2. The maximum Gasteiger partial charge on any atom is 0.238 e. The number of carbonyl (C=O) groups excluding carboxylic acids is 1. The molecule has 1 amide bonds. The SMILES string of the molecule is COc1cc(C)ccc1NC(=O)CNCC1CC1. The van der Waals surface area contributed by atoms with Crippen molar-refractivity contribution in [3.8, 4) is 5.75 Å². The second kappa shape index (κ2) is 5.87. The van der Waals surface area contributed by atoms with Crippen molar-refractivity contribution in [3.05, 3.63) is 23.8 Å². The average molecular weight is 248 g/mol. The molecule has 0 bridgehead atoms. The Morgan fingerprint density at radius 2 is 2.22 bits per heavy atom. The van der Waals surface area contributed by atoms with Crippen LogP contribution in [0.15, 0.2) is 18.2 Å². The third-order valence-corrected chi connectivity index (χ3v) is 3.05. The van der Waals surface area contributed by atoms with Gasteiger partial charge in [-0.3, -0.25) is 4.79 Å². The van der Waals surface area contributed by atoms with Crippen LogP contribution in [0.25, 0.3) is 0 Å². The second-order valence-corrected chi connectivity index (χ2v) is 4.83. The van der Waals surface area contributed by atoms with E-state index in [1.54, 1.807) is 7.11 Å². The molecule has 0 radical (unpaired) electrons. The van der Waals surface area contributed by atoms with Crippen LogP contribution in [-0.4, -0.2) is 26.1 Å². The first-order valence-electron chi connectivity index (χ1n) is 6.34. The molecule has 1 aliphatic rings. The van der Waals surface area contributed by atoms with Gasteiger partial charge in [-0.1, -0.05) is 6.07 Å². The van der Waals surface area contributed by atoms with Crippen LogP contribution in [0.1, 0.15) is 18.4 Å². The van der Waals surface area contributed by atoms with Crippen LogP contribution in [0.2, 0.25) is 0 Å². The predicted octanol–water partition coefficient (Wildman–Crippen LogP) is 1.94. The second-order valence-electron chi connectivity index (χ2n) is 4.83. The Bertz CT molecular complexity index is 428. The number of amides is 1. The van der Waals surface area contributed by atoms with Crippen LogP contribution in [0.4, 0.5) is 5.69 Å². The van der Waals surface area contributed by atoms with E-state index in [0.29, 0.717) is 12.3 Å². The molecular weight excluding hydrogens is 228 g/mol. The van der Waals surface area contributed by atoms with Crippen LogP contribution < -0.4 is 15.4 Å². The minimum Gasteiger partial charge on any atom is -0.495 e. The lowest BCUT2D eigenvalue weighted by Crippen LogP contribution is -2.29. The topological polar surface area (TPSA) is 50.4 Å². The van der Waals surface area contributed by atoms with Gasteiger partial charge in [0.15, 0.2) is 0 Å². The lowest BCUT2D eigenvalue weighted by molar-refractivity contribution is -0.115. The van der Waals surface area contributed by atoms with Crippen molar-refractivity contribution in [1.82, 2.24) is 5.32 Å². The number of benzene rings is 1. The fourth-order valence-electron chi connectivity index (χ4n) is 1.81. The summed E-state index contributed by atoms with van der Waals surface area (Å²) in [6.45, 7) is 3.29. The zero-order valence-corrected chi connectivity index (χ0v) is 11.0. The quantitative estimate of drug-likeness (QED) is 0.809. The maximum absolute atomic E-state index is 11.7. The highest BCUT2D eigenvalue weighted by atomic mass is 16.5. The molecule has 2 N–H and O–H groups in total. The highest BCUT2D eigenvalue weighted by Gasteiger charge is 2.20. The van der Waals surface area contributed by atoms with Crippen molar-refractivity contribution in [2.75, 3.05) is 25.5 Å². The molecule has 98 valence electrons. The largest absolute Gasteiger partial charge is 0.495 e. The molecule has 1 aromatic carbocycles. The van der Waals surface area contributed by atoms with Crippen molar-refractivity contribution in [1.29, 1.82) is 0 Å². The number of carbonyl (C=O) groups is 1. The summed E-state index contributed by atoms with van der Waals surface area (Å²) in [5, 5.41) is 6.02. The van der Waals surface area contributed by atoms with E-state index in [1.165, 1.54) is 12.8 Å². The van der Waals surface area contributed by atoms with Gasteiger partial charge >= 0.3 is 0 Å². The molecular formula is C14H20N2O2. The fourth-order valence-corrected chi connectivity index (χ4v) is 1.81. The first-order valence-corrected chi connectivity index (χ1v) is 6.34. The lowest BCUT2D eigenvalue weighted by Gasteiger charge is -2.11. The molecule has 1 aliphatic carbocycles. The van der Waals surface area contributed by atoms with Crippen molar-refractivity contribution >= 4 is 11.6 Å². The maximum atomic E-state index is 11.7. The normalized spacial score (nSPS) is 14.3. The van der Waals surface area contributed by atoms with Crippen LogP contribution in [0.3, 0.4) is 0 Å². The van der Waals surface area contributed by atoms with Gasteiger partial charge in [0.1, 0.15) is 5.75 Å². The van der Waals surface area contributed by atoms with Gasteiger partial charge in [-0.15, -0.1) is 0 Å². The summed E-state index contributed by atoms with van der Waals surface area (Å²) in [4.78, 5) is 11.7. The van der Waals surface area contributed by atoms with E-state index in [0.717, 1.165) is 23.7 Å². The summed E-state index contributed by atoms with van der Waals surface area (Å²) in [7, 11) is 1.61. The molecule has 0 unspecified atom stereocenters. The van der Waals surface area contributed by atoms with E-state index >= 15 is 0 Å². The fraction of sp³-hybridized carbons (Fsp3) is 0.500. The zero-order chi connectivity index (χ0) is 13.0. The Balaban J connectivity index is 1.84. The van der Waals surface area contributed by atoms with Gasteiger partial charge in [-0.25, -0.2) is 0 Å². The number of hydrogen-bond donors (Lipinski definition) is 2. The molecule has 4 nitrogen and oxygen atoms in total. The molecule has 4 heteroatoms.